The van der Waals surface area contributed by atoms with E-state index in [9.17, 15) is 4.79 Å². The Morgan fingerprint density at radius 1 is 1.38 bits per heavy atom. The van der Waals surface area contributed by atoms with Gasteiger partial charge in [0.25, 0.3) is 0 Å². The van der Waals surface area contributed by atoms with Gasteiger partial charge in [0.2, 0.25) is 8.35 Å². The molecule has 0 radical (unpaired) electrons. The minimum Gasteiger partial charge on any atom is -0.291 e. The number of hydrogen-bond donors (Lipinski definition) is 0. The lowest BCUT2D eigenvalue weighted by atomic mass is 10.1. The molecule has 16 heavy (non-hydrogen) atoms. The highest BCUT2D eigenvalue weighted by molar-refractivity contribution is 9.28. The lowest BCUT2D eigenvalue weighted by Crippen LogP contribution is -2.20. The van der Waals surface area contributed by atoms with Gasteiger partial charge < -0.3 is 0 Å². The van der Waals surface area contributed by atoms with Gasteiger partial charge in [0.05, 0.1) is 10.0 Å². The average Bonchev–Trinajstić information content (AvgIpc) is 2.21. The fourth-order valence-corrected chi connectivity index (χ4v) is 2.42. The highest BCUT2D eigenvalue weighted by Gasteiger charge is 2.34. The van der Waals surface area contributed by atoms with E-state index in [4.69, 9.17) is 28.5 Å². The largest absolute Gasteiger partial charge is 0.291 e. The lowest BCUT2D eigenvalue weighted by molar-refractivity contribution is 0.101. The summed E-state index contributed by atoms with van der Waals surface area (Å²) < 4.78 is -1.16. The zero-order chi connectivity index (χ0) is 12.3. The van der Waals surface area contributed by atoms with Crippen molar-refractivity contribution >= 4 is 72.6 Å². The van der Waals surface area contributed by atoms with Crippen LogP contribution >= 0.6 is 66.8 Å². The summed E-state index contributed by atoms with van der Waals surface area (Å²) in [7, 11) is 0. The predicted octanol–water partition coefficient (Wildman–Crippen LogP) is 4.83. The second kappa shape index (κ2) is 5.74. The Kier molecular flexibility index (Phi) is 5.14. The van der Waals surface area contributed by atoms with Gasteiger partial charge in [-0.25, -0.2) is 0 Å². The maximum Gasteiger partial charge on any atom is 0.201 e. The van der Waals surface area contributed by atoms with Crippen LogP contribution in [-0.2, 0) is 0 Å². The summed E-state index contributed by atoms with van der Waals surface area (Å²) in [5.41, 5.74) is 0.367. The first-order valence-corrected chi connectivity index (χ1v) is 6.99. The van der Waals surface area contributed by atoms with Crippen molar-refractivity contribution in [2.75, 3.05) is 0 Å². The fraction of sp³-hybridized carbons (Fsp3) is 0.111. The molecule has 84 valence electrons. The van der Waals surface area contributed by atoms with Gasteiger partial charge in [0, 0.05) is 5.56 Å². The van der Waals surface area contributed by atoms with Gasteiger partial charge in [-0.3, -0.25) is 4.79 Å². The molecule has 0 amide bonds. The molecule has 0 saturated heterocycles. The Labute approximate surface area is 124 Å². The summed E-state index contributed by atoms with van der Waals surface area (Å²) in [5, 5.41) is 11.0. The van der Waals surface area contributed by atoms with Gasteiger partial charge in [-0.15, -0.1) is 0 Å². The van der Waals surface area contributed by atoms with E-state index in [0.717, 1.165) is 11.8 Å². The quantitative estimate of drug-likeness (QED) is 0.412. The van der Waals surface area contributed by atoms with Gasteiger partial charge in [0.15, 0.2) is 0 Å². The predicted molar refractivity (Wildman–Crippen MR) is 74.6 cm³/mol. The van der Waals surface area contributed by atoms with Crippen LogP contribution in [0, 0.1) is 10.7 Å². The second-order valence-electron chi connectivity index (χ2n) is 2.67. The molecule has 7 heteroatoms. The summed E-state index contributed by atoms with van der Waals surface area (Å²) in [6.07, 6.45) is 0. The molecule has 0 bridgehead atoms. The topological polar surface area (TPSA) is 40.9 Å². The average molecular weight is 404 g/mol. The van der Waals surface area contributed by atoms with Gasteiger partial charge in [-0.1, -0.05) is 55.1 Å². The molecule has 0 aliphatic rings. The van der Waals surface area contributed by atoms with E-state index < -0.39 is 2.57 Å². The summed E-state index contributed by atoms with van der Waals surface area (Å²) in [4.78, 5) is 12.0. The van der Waals surface area contributed by atoms with Crippen LogP contribution in [0.3, 0.4) is 0 Å². The standard InChI is InChI=1S/C9H3Br2Cl2NOS/c10-9(11,16-4-14)8(15)5-1-2-6(12)7(13)3-5/h1-3H. The summed E-state index contributed by atoms with van der Waals surface area (Å²) in [6.45, 7) is 0. The van der Waals surface area contributed by atoms with Crippen molar-refractivity contribution < 1.29 is 4.79 Å². The molecule has 0 heterocycles. The number of halogens is 4. The van der Waals surface area contributed by atoms with Crippen molar-refractivity contribution in [2.24, 2.45) is 0 Å². The van der Waals surface area contributed by atoms with Crippen molar-refractivity contribution in [2.45, 2.75) is 2.57 Å². The molecule has 0 spiro atoms. The maximum absolute atomic E-state index is 12.0. The molecule has 1 aromatic carbocycles. The Bertz CT molecular complexity index is 473. The molecule has 0 aromatic heterocycles. The third-order valence-electron chi connectivity index (χ3n) is 1.62. The molecule has 1 aromatic rings. The van der Waals surface area contributed by atoms with Crippen molar-refractivity contribution in [3.63, 3.8) is 0 Å². The smallest absolute Gasteiger partial charge is 0.201 e. The van der Waals surface area contributed by atoms with E-state index in [2.05, 4.69) is 31.9 Å². The first kappa shape index (κ1) is 14.3. The first-order valence-electron chi connectivity index (χ1n) is 3.83. The van der Waals surface area contributed by atoms with Crippen molar-refractivity contribution in [3.05, 3.63) is 33.8 Å². The maximum atomic E-state index is 12.0. The molecule has 0 unspecified atom stereocenters. The van der Waals surface area contributed by atoms with Crippen LogP contribution in [0.1, 0.15) is 10.4 Å². The van der Waals surface area contributed by atoms with E-state index in [1.54, 1.807) is 6.07 Å². The minimum atomic E-state index is -1.16. The highest BCUT2D eigenvalue weighted by atomic mass is 79.9. The summed E-state index contributed by atoms with van der Waals surface area (Å²) in [5.74, 6) is -0.308. The van der Waals surface area contributed by atoms with Crippen molar-refractivity contribution in [1.29, 1.82) is 5.26 Å². The zero-order valence-corrected chi connectivity index (χ0v) is 13.0. The number of alkyl halides is 2. The van der Waals surface area contributed by atoms with E-state index in [1.165, 1.54) is 12.1 Å². The highest BCUT2D eigenvalue weighted by Crippen LogP contribution is 2.41. The Morgan fingerprint density at radius 3 is 2.50 bits per heavy atom. The number of rotatable bonds is 3. The van der Waals surface area contributed by atoms with E-state index in [0.29, 0.717) is 15.6 Å². The Morgan fingerprint density at radius 2 is 2.00 bits per heavy atom. The number of thiocyanates is 1. The number of hydrogen-bond acceptors (Lipinski definition) is 3. The van der Waals surface area contributed by atoms with Crippen LogP contribution in [0.25, 0.3) is 0 Å². The first-order chi connectivity index (χ1) is 7.38. The number of nitriles is 1. The summed E-state index contributed by atoms with van der Waals surface area (Å²) in [6, 6.07) is 4.54. The van der Waals surface area contributed by atoms with Crippen LogP contribution in [0.4, 0.5) is 0 Å². The number of carbonyl (C=O) groups excluding carboxylic acids is 1. The van der Waals surface area contributed by atoms with Gasteiger partial charge in [-0.05, 0) is 30.0 Å². The monoisotopic (exact) mass is 401 g/mol. The van der Waals surface area contributed by atoms with Crippen LogP contribution < -0.4 is 0 Å². The fourth-order valence-electron chi connectivity index (χ4n) is 0.909. The number of Topliss-reactive ketones (excluding diaryl/α,β-unsaturated/α-hetero) is 1. The van der Waals surface area contributed by atoms with Crippen LogP contribution in [0.15, 0.2) is 18.2 Å². The van der Waals surface area contributed by atoms with Crippen LogP contribution in [0.5, 0.6) is 0 Å². The molecular formula is C9H3Br2Cl2NOS. The molecule has 0 N–H and O–H groups in total. The normalized spacial score (nSPS) is 10.9. The number of nitrogens with zero attached hydrogens (tertiary/aromatic N) is 1. The minimum absolute atomic E-state index is 0.297. The SMILES string of the molecule is N#CSC(Br)(Br)C(=O)c1ccc(Cl)c(Cl)c1. The van der Waals surface area contributed by atoms with Gasteiger partial charge >= 0.3 is 0 Å². The second-order valence-corrected chi connectivity index (χ2v) is 8.97. The van der Waals surface area contributed by atoms with E-state index in [1.807, 2.05) is 5.40 Å². The molecule has 2 nitrogen and oxygen atoms in total. The van der Waals surface area contributed by atoms with Gasteiger partial charge in [-0.2, -0.15) is 5.26 Å². The third kappa shape index (κ3) is 3.38. The zero-order valence-electron chi connectivity index (χ0n) is 7.51. The Balaban J connectivity index is 3.06. The number of benzene rings is 1. The van der Waals surface area contributed by atoms with E-state index >= 15 is 0 Å². The number of carbonyl (C=O) groups is 1. The van der Waals surface area contributed by atoms with Gasteiger partial charge in [0.1, 0.15) is 5.40 Å². The molecule has 0 aliphatic heterocycles. The molecular weight excluding hydrogens is 401 g/mol. The van der Waals surface area contributed by atoms with Crippen LogP contribution in [-0.4, -0.2) is 8.35 Å². The van der Waals surface area contributed by atoms with Crippen molar-refractivity contribution in [3.8, 4) is 5.40 Å². The molecule has 0 saturated carbocycles. The molecule has 0 atom stereocenters. The summed E-state index contributed by atoms with van der Waals surface area (Å²) >= 11 is 18.5. The molecule has 0 aliphatic carbocycles. The number of ketones is 1. The molecule has 0 fully saturated rings. The Hall–Kier alpha value is 0.270. The lowest BCUT2D eigenvalue weighted by Gasteiger charge is -2.14. The third-order valence-corrected chi connectivity index (χ3v) is 4.58. The van der Waals surface area contributed by atoms with Crippen LogP contribution in [0.2, 0.25) is 10.0 Å². The van der Waals surface area contributed by atoms with Crippen molar-refractivity contribution in [1.82, 2.24) is 0 Å². The van der Waals surface area contributed by atoms with E-state index in [-0.39, 0.29) is 5.78 Å². The molecule has 1 rings (SSSR count). The number of thioether (sulfide) groups is 1.